The Morgan fingerprint density at radius 3 is 2.22 bits per heavy atom. The number of benzene rings is 2. The zero-order valence-corrected chi connectivity index (χ0v) is 17.0. The second-order valence-corrected chi connectivity index (χ2v) is 7.45. The normalized spacial score (nSPS) is 17.7. The van der Waals surface area contributed by atoms with Crippen molar-refractivity contribution in [2.75, 3.05) is 13.1 Å². The molecule has 0 N–H and O–H groups in total. The monoisotopic (exact) mass is 389 g/mol. The van der Waals surface area contributed by atoms with Crippen molar-refractivity contribution in [2.45, 2.75) is 50.9 Å². The van der Waals surface area contributed by atoms with E-state index in [1.54, 1.807) is 0 Å². The Morgan fingerprint density at radius 2 is 1.67 bits per heavy atom. The molecule has 1 aliphatic heterocycles. The molecular weight excluding hydrogens is 361 g/mol. The van der Waals surface area contributed by atoms with Crippen LogP contribution >= 0.6 is 12.4 Å². The van der Waals surface area contributed by atoms with E-state index in [9.17, 15) is 9.28 Å². The van der Waals surface area contributed by atoms with Gasteiger partial charge in [0.25, 0.3) is 0 Å². The summed E-state index contributed by atoms with van der Waals surface area (Å²) < 4.78 is 13.8. The fourth-order valence-corrected chi connectivity index (χ4v) is 4.27. The molecule has 1 heterocycles. The first-order valence-electron chi connectivity index (χ1n) is 9.66. The SMILES string of the molecule is CCCC(=O)c1ccc(C2(C(C)c3ccccc3)CCN(F)CC2)cc1.Cl. The Morgan fingerprint density at radius 1 is 1.07 bits per heavy atom. The molecule has 3 rings (SSSR count). The van der Waals surface area contributed by atoms with Crippen molar-refractivity contribution in [3.63, 3.8) is 0 Å². The van der Waals surface area contributed by atoms with Crippen molar-refractivity contribution in [3.05, 3.63) is 71.3 Å². The first-order chi connectivity index (χ1) is 12.6. The summed E-state index contributed by atoms with van der Waals surface area (Å²) in [7, 11) is 0. The van der Waals surface area contributed by atoms with Gasteiger partial charge in [0.05, 0.1) is 0 Å². The van der Waals surface area contributed by atoms with Gasteiger partial charge in [0, 0.05) is 30.5 Å². The summed E-state index contributed by atoms with van der Waals surface area (Å²) in [5, 5.41) is 0.926. The lowest BCUT2D eigenvalue weighted by Crippen LogP contribution is -2.42. The number of halogens is 2. The molecule has 1 unspecified atom stereocenters. The predicted molar refractivity (Wildman–Crippen MR) is 111 cm³/mol. The molecular formula is C23H29ClFNO. The van der Waals surface area contributed by atoms with E-state index < -0.39 is 0 Å². The minimum Gasteiger partial charge on any atom is -0.294 e. The van der Waals surface area contributed by atoms with Crippen molar-refractivity contribution in [2.24, 2.45) is 0 Å². The minimum absolute atomic E-state index is 0. The summed E-state index contributed by atoms with van der Waals surface area (Å²) in [5.74, 6) is 0.484. The summed E-state index contributed by atoms with van der Waals surface area (Å²) in [6.45, 7) is 5.17. The van der Waals surface area contributed by atoms with Crippen LogP contribution in [0.2, 0.25) is 0 Å². The third kappa shape index (κ3) is 4.59. The summed E-state index contributed by atoms with van der Waals surface area (Å²) in [6, 6.07) is 18.6. The van der Waals surface area contributed by atoms with Gasteiger partial charge in [-0.3, -0.25) is 4.79 Å². The molecule has 1 aliphatic rings. The fourth-order valence-electron chi connectivity index (χ4n) is 4.27. The van der Waals surface area contributed by atoms with Gasteiger partial charge in [-0.1, -0.05) is 68.4 Å². The molecule has 0 aromatic heterocycles. The number of nitrogens with zero attached hydrogens (tertiary/aromatic N) is 1. The molecule has 146 valence electrons. The van der Waals surface area contributed by atoms with E-state index in [2.05, 4.69) is 43.3 Å². The van der Waals surface area contributed by atoms with Crippen LogP contribution in [0.5, 0.6) is 0 Å². The highest BCUT2D eigenvalue weighted by atomic mass is 35.5. The number of piperidine rings is 1. The van der Waals surface area contributed by atoms with E-state index in [1.807, 2.05) is 25.1 Å². The lowest BCUT2D eigenvalue weighted by molar-refractivity contribution is -0.0208. The van der Waals surface area contributed by atoms with E-state index in [-0.39, 0.29) is 29.5 Å². The summed E-state index contributed by atoms with van der Waals surface area (Å²) >= 11 is 0. The second-order valence-electron chi connectivity index (χ2n) is 7.45. The van der Waals surface area contributed by atoms with Gasteiger partial charge in [-0.05, 0) is 36.3 Å². The molecule has 0 radical (unpaired) electrons. The van der Waals surface area contributed by atoms with Crippen LogP contribution in [0, 0.1) is 0 Å². The Hall–Kier alpha value is -1.71. The lowest BCUT2D eigenvalue weighted by atomic mass is 9.63. The van der Waals surface area contributed by atoms with Crippen LogP contribution in [0.25, 0.3) is 0 Å². The maximum absolute atomic E-state index is 13.8. The molecule has 0 aliphatic carbocycles. The van der Waals surface area contributed by atoms with E-state index >= 15 is 0 Å². The highest BCUT2D eigenvalue weighted by molar-refractivity contribution is 5.96. The number of rotatable bonds is 6. The molecule has 0 bridgehead atoms. The van der Waals surface area contributed by atoms with Crippen molar-refractivity contribution in [1.29, 1.82) is 0 Å². The van der Waals surface area contributed by atoms with Gasteiger partial charge in [0.2, 0.25) is 0 Å². The highest BCUT2D eigenvalue weighted by Gasteiger charge is 2.41. The highest BCUT2D eigenvalue weighted by Crippen LogP contribution is 2.46. The molecule has 2 aromatic carbocycles. The van der Waals surface area contributed by atoms with Crippen LogP contribution in [0.1, 0.15) is 66.9 Å². The molecule has 0 spiro atoms. The Labute approximate surface area is 168 Å². The van der Waals surface area contributed by atoms with Gasteiger partial charge in [0.15, 0.2) is 5.78 Å². The first-order valence-corrected chi connectivity index (χ1v) is 9.66. The van der Waals surface area contributed by atoms with E-state index in [0.29, 0.717) is 19.5 Å². The van der Waals surface area contributed by atoms with Crippen LogP contribution in [0.4, 0.5) is 4.48 Å². The minimum atomic E-state index is -0.101. The van der Waals surface area contributed by atoms with E-state index in [4.69, 9.17) is 0 Å². The number of carbonyl (C=O) groups excluding carboxylic acids is 1. The number of ketones is 1. The van der Waals surface area contributed by atoms with Crippen LogP contribution in [-0.2, 0) is 5.41 Å². The van der Waals surface area contributed by atoms with Crippen LogP contribution < -0.4 is 0 Å². The molecule has 1 saturated heterocycles. The van der Waals surface area contributed by atoms with Crippen LogP contribution in [0.15, 0.2) is 54.6 Å². The number of hydrogen-bond acceptors (Lipinski definition) is 2. The average Bonchev–Trinajstić information content (AvgIpc) is 2.69. The van der Waals surface area contributed by atoms with Gasteiger partial charge in [-0.25, -0.2) is 0 Å². The Kier molecular flexibility index (Phi) is 7.58. The third-order valence-corrected chi connectivity index (χ3v) is 5.99. The second kappa shape index (κ2) is 9.48. The number of carbonyl (C=O) groups is 1. The van der Waals surface area contributed by atoms with Gasteiger partial charge < -0.3 is 0 Å². The number of hydrogen-bond donors (Lipinski definition) is 0. The lowest BCUT2D eigenvalue weighted by Gasteiger charge is -2.44. The molecule has 27 heavy (non-hydrogen) atoms. The van der Waals surface area contributed by atoms with Gasteiger partial charge in [-0.15, -0.1) is 22.0 Å². The van der Waals surface area contributed by atoms with Gasteiger partial charge in [-0.2, -0.15) is 0 Å². The summed E-state index contributed by atoms with van der Waals surface area (Å²) in [6.07, 6.45) is 3.01. The smallest absolute Gasteiger partial charge is 0.162 e. The van der Waals surface area contributed by atoms with Crippen LogP contribution in [0.3, 0.4) is 0 Å². The maximum Gasteiger partial charge on any atom is 0.162 e. The molecule has 2 aromatic rings. The predicted octanol–water partition coefficient (Wildman–Crippen LogP) is 6.11. The molecule has 0 saturated carbocycles. The van der Waals surface area contributed by atoms with Crippen molar-refractivity contribution >= 4 is 18.2 Å². The standard InChI is InChI=1S/C23H28FNO.ClH/c1-3-7-22(26)20-10-12-21(13-11-20)23(14-16-25(24)17-15-23)18(2)19-8-5-4-6-9-19;/h4-6,8-13,18H,3,7,14-17H2,1-2H3;1H. The largest absolute Gasteiger partial charge is 0.294 e. The van der Waals surface area contributed by atoms with Crippen molar-refractivity contribution < 1.29 is 9.28 Å². The molecule has 0 amide bonds. The quantitative estimate of drug-likeness (QED) is 0.438. The molecule has 4 heteroatoms. The average molecular weight is 390 g/mol. The molecule has 1 fully saturated rings. The first kappa shape index (κ1) is 21.6. The van der Waals surface area contributed by atoms with Crippen LogP contribution in [-0.4, -0.2) is 24.0 Å². The zero-order chi connectivity index (χ0) is 18.6. The van der Waals surface area contributed by atoms with Crippen molar-refractivity contribution in [1.82, 2.24) is 5.12 Å². The van der Waals surface area contributed by atoms with E-state index in [0.717, 1.165) is 29.9 Å². The van der Waals surface area contributed by atoms with Gasteiger partial charge in [0.1, 0.15) is 0 Å². The molecule has 2 nitrogen and oxygen atoms in total. The summed E-state index contributed by atoms with van der Waals surface area (Å²) in [4.78, 5) is 12.2. The summed E-state index contributed by atoms with van der Waals surface area (Å²) in [5.41, 5.74) is 3.18. The zero-order valence-electron chi connectivity index (χ0n) is 16.2. The third-order valence-electron chi connectivity index (χ3n) is 5.99. The fraction of sp³-hybridized carbons (Fsp3) is 0.435. The maximum atomic E-state index is 13.8. The Bertz CT molecular complexity index is 724. The Balaban J connectivity index is 0.00000261. The topological polar surface area (TPSA) is 20.3 Å². The number of Topliss-reactive ketones (excluding diaryl/α,β-unsaturated/α-hetero) is 1. The van der Waals surface area contributed by atoms with Crippen molar-refractivity contribution in [3.8, 4) is 0 Å². The van der Waals surface area contributed by atoms with E-state index in [1.165, 1.54) is 11.1 Å². The van der Waals surface area contributed by atoms with Gasteiger partial charge >= 0.3 is 0 Å². The molecule has 1 atom stereocenters.